The van der Waals surface area contributed by atoms with Gasteiger partial charge >= 0.3 is 0 Å². The molecule has 0 radical (unpaired) electrons. The van der Waals surface area contributed by atoms with E-state index in [1.807, 2.05) is 59.7 Å². The molecule has 1 rings (SSSR count). The predicted molar refractivity (Wildman–Crippen MR) is 86.1 cm³/mol. The van der Waals surface area contributed by atoms with Gasteiger partial charge < -0.3 is 0 Å². The second kappa shape index (κ2) is 7.78. The SMILES string of the molecule is CC.CC(C)(C#N)c1cc(CNN)cc(C(C)(C)C#N)c1. The zero-order chi connectivity index (χ0) is 16.7. The van der Waals surface area contributed by atoms with Crippen LogP contribution in [-0.2, 0) is 17.4 Å². The highest BCUT2D eigenvalue weighted by Crippen LogP contribution is 2.30. The maximum absolute atomic E-state index is 9.26. The normalized spacial score (nSPS) is 10.9. The Labute approximate surface area is 128 Å². The molecule has 114 valence electrons. The van der Waals surface area contributed by atoms with E-state index in [0.29, 0.717) is 6.54 Å². The van der Waals surface area contributed by atoms with Crippen LogP contribution >= 0.6 is 0 Å². The van der Waals surface area contributed by atoms with Crippen LogP contribution in [0.1, 0.15) is 58.2 Å². The number of nitriles is 2. The molecule has 0 aliphatic heterocycles. The van der Waals surface area contributed by atoms with Crippen LogP contribution in [0.15, 0.2) is 18.2 Å². The Balaban J connectivity index is 0.00000191. The molecule has 0 aliphatic rings. The molecule has 4 heteroatoms. The Morgan fingerprint density at radius 1 is 0.952 bits per heavy atom. The van der Waals surface area contributed by atoms with Crippen molar-refractivity contribution in [2.45, 2.75) is 58.9 Å². The van der Waals surface area contributed by atoms with Crippen molar-refractivity contribution < 1.29 is 0 Å². The van der Waals surface area contributed by atoms with Crippen molar-refractivity contribution in [3.8, 4) is 12.1 Å². The molecule has 0 fully saturated rings. The lowest BCUT2D eigenvalue weighted by atomic mass is 9.79. The van der Waals surface area contributed by atoms with Crippen molar-refractivity contribution in [1.29, 1.82) is 10.5 Å². The lowest BCUT2D eigenvalue weighted by Crippen LogP contribution is -2.23. The number of nitrogens with one attached hydrogen (secondary N) is 1. The Morgan fingerprint density at radius 2 is 1.33 bits per heavy atom. The van der Waals surface area contributed by atoms with Crippen LogP contribution in [0.5, 0.6) is 0 Å². The molecule has 1 aromatic rings. The summed E-state index contributed by atoms with van der Waals surface area (Å²) in [5.41, 5.74) is 4.21. The average Bonchev–Trinajstić information content (AvgIpc) is 2.49. The van der Waals surface area contributed by atoms with Gasteiger partial charge in [-0.15, -0.1) is 0 Å². The van der Waals surface area contributed by atoms with Gasteiger partial charge in [0.25, 0.3) is 0 Å². The molecule has 3 N–H and O–H groups in total. The van der Waals surface area contributed by atoms with Crippen LogP contribution in [-0.4, -0.2) is 0 Å². The van der Waals surface area contributed by atoms with E-state index in [0.717, 1.165) is 16.7 Å². The predicted octanol–water partition coefficient (Wildman–Crippen LogP) is 3.28. The summed E-state index contributed by atoms with van der Waals surface area (Å²) in [7, 11) is 0. The number of benzene rings is 1. The number of nitrogens with two attached hydrogens (primary N) is 1. The summed E-state index contributed by atoms with van der Waals surface area (Å²) in [5, 5.41) is 18.5. The van der Waals surface area contributed by atoms with Crippen molar-refractivity contribution in [3.63, 3.8) is 0 Å². The highest BCUT2D eigenvalue weighted by molar-refractivity contribution is 5.42. The van der Waals surface area contributed by atoms with Crippen molar-refractivity contribution in [2.75, 3.05) is 0 Å². The van der Waals surface area contributed by atoms with Gasteiger partial charge in [-0.3, -0.25) is 11.3 Å². The van der Waals surface area contributed by atoms with Crippen molar-refractivity contribution in [3.05, 3.63) is 34.9 Å². The van der Waals surface area contributed by atoms with Gasteiger partial charge in [0.05, 0.1) is 23.0 Å². The molecule has 0 aromatic heterocycles. The van der Waals surface area contributed by atoms with Crippen LogP contribution in [0, 0.1) is 22.7 Å². The van der Waals surface area contributed by atoms with E-state index in [1.165, 1.54) is 0 Å². The second-order valence-electron chi connectivity index (χ2n) is 5.77. The first kappa shape index (κ1) is 19.1. The molecule has 0 bridgehead atoms. The summed E-state index contributed by atoms with van der Waals surface area (Å²) in [6.07, 6.45) is 0. The van der Waals surface area contributed by atoms with E-state index < -0.39 is 10.8 Å². The first-order valence-corrected chi connectivity index (χ1v) is 7.18. The quantitative estimate of drug-likeness (QED) is 0.657. The fraction of sp³-hybridized carbons (Fsp3) is 0.529. The monoisotopic (exact) mass is 286 g/mol. The van der Waals surface area contributed by atoms with E-state index >= 15 is 0 Å². The van der Waals surface area contributed by atoms with E-state index in [9.17, 15) is 10.5 Å². The van der Waals surface area contributed by atoms with E-state index in [1.54, 1.807) is 0 Å². The molecule has 21 heavy (non-hydrogen) atoms. The lowest BCUT2D eigenvalue weighted by molar-refractivity contribution is 0.653. The maximum atomic E-state index is 9.26. The Bertz CT molecular complexity index is 501. The van der Waals surface area contributed by atoms with Crippen LogP contribution in [0.25, 0.3) is 0 Å². The zero-order valence-electron chi connectivity index (χ0n) is 13.9. The molecular formula is C17H26N4. The van der Waals surface area contributed by atoms with Crippen molar-refractivity contribution in [2.24, 2.45) is 5.84 Å². The van der Waals surface area contributed by atoms with Gasteiger partial charge in [0.1, 0.15) is 0 Å². The smallest absolute Gasteiger partial charge is 0.0766 e. The summed E-state index contributed by atoms with van der Waals surface area (Å²) in [5.74, 6) is 5.36. The first-order valence-electron chi connectivity index (χ1n) is 7.18. The summed E-state index contributed by atoms with van der Waals surface area (Å²) in [6.45, 7) is 12.0. The average molecular weight is 286 g/mol. The van der Waals surface area contributed by atoms with Gasteiger partial charge in [-0.1, -0.05) is 32.0 Å². The van der Waals surface area contributed by atoms with Gasteiger partial charge in [-0.2, -0.15) is 10.5 Å². The van der Waals surface area contributed by atoms with Gasteiger partial charge in [0.15, 0.2) is 0 Å². The van der Waals surface area contributed by atoms with Crippen LogP contribution < -0.4 is 11.3 Å². The van der Waals surface area contributed by atoms with Crippen LogP contribution in [0.4, 0.5) is 0 Å². The number of nitrogens with zero attached hydrogens (tertiary/aromatic N) is 2. The van der Waals surface area contributed by atoms with Gasteiger partial charge in [-0.05, 0) is 44.4 Å². The van der Waals surface area contributed by atoms with E-state index in [2.05, 4.69) is 17.6 Å². The fourth-order valence-electron chi connectivity index (χ4n) is 1.76. The number of hydrogen-bond donors (Lipinski definition) is 2. The molecule has 0 amide bonds. The second-order valence-corrected chi connectivity index (χ2v) is 5.77. The third-order valence-electron chi connectivity index (χ3n) is 3.30. The van der Waals surface area contributed by atoms with Gasteiger partial charge in [-0.25, -0.2) is 0 Å². The summed E-state index contributed by atoms with van der Waals surface area (Å²) in [4.78, 5) is 0. The van der Waals surface area contributed by atoms with Crippen molar-refractivity contribution >= 4 is 0 Å². The largest absolute Gasteiger partial charge is 0.271 e. The lowest BCUT2D eigenvalue weighted by Gasteiger charge is -2.23. The fourth-order valence-corrected chi connectivity index (χ4v) is 1.76. The van der Waals surface area contributed by atoms with Crippen LogP contribution in [0.2, 0.25) is 0 Å². The first-order chi connectivity index (χ1) is 9.76. The molecule has 0 saturated heterocycles. The Kier molecular flexibility index (Phi) is 7.09. The van der Waals surface area contributed by atoms with E-state index in [4.69, 9.17) is 5.84 Å². The van der Waals surface area contributed by atoms with Crippen LogP contribution in [0.3, 0.4) is 0 Å². The molecular weight excluding hydrogens is 260 g/mol. The molecule has 4 nitrogen and oxygen atoms in total. The third-order valence-corrected chi connectivity index (χ3v) is 3.30. The molecule has 0 heterocycles. The Morgan fingerprint density at radius 3 is 1.62 bits per heavy atom. The molecule has 0 spiro atoms. The highest BCUT2D eigenvalue weighted by Gasteiger charge is 2.25. The standard InChI is InChI=1S/C15H20N4.C2H6/c1-14(2,9-16)12-5-11(8-19-18)6-13(7-12)15(3,4)10-17;1-2/h5-7,19H,8,18H2,1-4H3;1-2H3. The molecule has 0 saturated carbocycles. The molecule has 0 atom stereocenters. The minimum Gasteiger partial charge on any atom is -0.271 e. The number of hydrogen-bond acceptors (Lipinski definition) is 4. The minimum atomic E-state index is -0.592. The minimum absolute atomic E-state index is 0.504. The van der Waals surface area contributed by atoms with Gasteiger partial charge in [0, 0.05) is 6.54 Å². The summed E-state index contributed by atoms with van der Waals surface area (Å²) >= 11 is 0. The van der Waals surface area contributed by atoms with Gasteiger partial charge in [0.2, 0.25) is 0 Å². The summed E-state index contributed by atoms with van der Waals surface area (Å²) < 4.78 is 0. The third kappa shape index (κ3) is 4.86. The number of hydrazine groups is 1. The highest BCUT2D eigenvalue weighted by atomic mass is 15.2. The maximum Gasteiger partial charge on any atom is 0.0766 e. The Hall–Kier alpha value is -1.88. The number of rotatable bonds is 4. The van der Waals surface area contributed by atoms with Crippen molar-refractivity contribution in [1.82, 2.24) is 5.43 Å². The topological polar surface area (TPSA) is 85.6 Å². The molecule has 0 aliphatic carbocycles. The van der Waals surface area contributed by atoms with E-state index in [-0.39, 0.29) is 0 Å². The molecule has 1 aromatic carbocycles. The molecule has 0 unspecified atom stereocenters. The summed E-state index contributed by atoms with van der Waals surface area (Å²) in [6, 6.07) is 10.4. The zero-order valence-corrected chi connectivity index (χ0v) is 13.9.